The van der Waals surface area contributed by atoms with Crippen LogP contribution in [0.15, 0.2) is 30.3 Å². The highest BCUT2D eigenvalue weighted by molar-refractivity contribution is 5.78. The van der Waals surface area contributed by atoms with Gasteiger partial charge in [0, 0.05) is 23.8 Å². The van der Waals surface area contributed by atoms with E-state index in [1.54, 1.807) is 0 Å². The van der Waals surface area contributed by atoms with Crippen molar-refractivity contribution in [2.75, 3.05) is 0 Å². The molecule has 2 aromatic rings. The molecule has 19 heavy (non-hydrogen) atoms. The number of phenols is 5. The van der Waals surface area contributed by atoms with Crippen LogP contribution in [0.1, 0.15) is 11.1 Å². The molecule has 2 rings (SSSR count). The molecule has 0 aromatic heterocycles. The first-order chi connectivity index (χ1) is 8.97. The number of phenolic OH excluding ortho intramolecular Hbond substituents is 5. The third kappa shape index (κ3) is 2.71. The van der Waals surface area contributed by atoms with E-state index >= 15 is 0 Å². The molecule has 0 bridgehead atoms. The number of hydrogen-bond donors (Lipinski definition) is 5. The molecule has 5 heteroatoms. The standard InChI is InChI=1S/C14H12O5/c15-9-3-1-8(12(17)5-9)2-4-11-13(18)6-10(16)7-14(11)19/h1-7,15-19H. The Kier molecular flexibility index (Phi) is 3.20. The average molecular weight is 260 g/mol. The van der Waals surface area contributed by atoms with E-state index in [9.17, 15) is 15.3 Å². The summed E-state index contributed by atoms with van der Waals surface area (Å²) in [7, 11) is 0. The first kappa shape index (κ1) is 12.6. The van der Waals surface area contributed by atoms with Gasteiger partial charge in [-0.2, -0.15) is 0 Å². The third-order valence-corrected chi connectivity index (χ3v) is 2.56. The zero-order chi connectivity index (χ0) is 14.0. The topological polar surface area (TPSA) is 101 Å². The monoisotopic (exact) mass is 260 g/mol. The molecule has 0 radical (unpaired) electrons. The molecule has 5 nitrogen and oxygen atoms in total. The quantitative estimate of drug-likeness (QED) is 0.534. The van der Waals surface area contributed by atoms with Gasteiger partial charge in [0.05, 0.1) is 5.56 Å². The Morgan fingerprint density at radius 1 is 0.632 bits per heavy atom. The van der Waals surface area contributed by atoms with E-state index in [1.807, 2.05) is 0 Å². The molecule has 0 saturated carbocycles. The van der Waals surface area contributed by atoms with E-state index in [1.165, 1.54) is 30.4 Å². The smallest absolute Gasteiger partial charge is 0.130 e. The Labute approximate surface area is 108 Å². The summed E-state index contributed by atoms with van der Waals surface area (Å²) in [6, 6.07) is 6.24. The van der Waals surface area contributed by atoms with Crippen molar-refractivity contribution in [3.63, 3.8) is 0 Å². The van der Waals surface area contributed by atoms with Crippen molar-refractivity contribution < 1.29 is 25.5 Å². The Morgan fingerprint density at radius 2 is 1.21 bits per heavy atom. The van der Waals surface area contributed by atoms with Gasteiger partial charge in [-0.05, 0) is 18.2 Å². The van der Waals surface area contributed by atoms with Crippen LogP contribution in [0.2, 0.25) is 0 Å². The maximum atomic E-state index is 9.59. The van der Waals surface area contributed by atoms with Crippen LogP contribution in [0.5, 0.6) is 28.7 Å². The largest absolute Gasteiger partial charge is 0.508 e. The molecular formula is C14H12O5. The highest BCUT2D eigenvalue weighted by Gasteiger charge is 2.07. The van der Waals surface area contributed by atoms with E-state index in [2.05, 4.69) is 0 Å². The molecule has 0 aliphatic carbocycles. The zero-order valence-electron chi connectivity index (χ0n) is 9.78. The molecule has 0 fully saturated rings. The lowest BCUT2D eigenvalue weighted by Gasteiger charge is -2.04. The summed E-state index contributed by atoms with van der Waals surface area (Å²) < 4.78 is 0. The minimum absolute atomic E-state index is 0.0648. The van der Waals surface area contributed by atoms with E-state index in [0.717, 1.165) is 12.1 Å². The van der Waals surface area contributed by atoms with Gasteiger partial charge in [-0.25, -0.2) is 0 Å². The molecule has 0 heterocycles. The predicted octanol–water partition coefficient (Wildman–Crippen LogP) is 2.39. The van der Waals surface area contributed by atoms with Gasteiger partial charge in [-0.15, -0.1) is 0 Å². The maximum Gasteiger partial charge on any atom is 0.130 e. The second kappa shape index (κ2) is 4.81. The lowest BCUT2D eigenvalue weighted by molar-refractivity contribution is 0.426. The van der Waals surface area contributed by atoms with Gasteiger partial charge in [0.1, 0.15) is 28.7 Å². The minimum Gasteiger partial charge on any atom is -0.508 e. The third-order valence-electron chi connectivity index (χ3n) is 2.56. The summed E-state index contributed by atoms with van der Waals surface area (Å²) in [4.78, 5) is 0. The molecule has 0 aliphatic heterocycles. The molecule has 0 amide bonds. The molecule has 0 saturated heterocycles. The second-order valence-corrected chi connectivity index (χ2v) is 3.97. The van der Waals surface area contributed by atoms with Crippen molar-refractivity contribution >= 4 is 12.2 Å². The van der Waals surface area contributed by atoms with Crippen LogP contribution in [0.25, 0.3) is 12.2 Å². The summed E-state index contributed by atoms with van der Waals surface area (Å²) in [5, 5.41) is 47.1. The summed E-state index contributed by atoms with van der Waals surface area (Å²) in [5.41, 5.74) is 0.523. The highest BCUT2D eigenvalue weighted by Crippen LogP contribution is 2.34. The highest BCUT2D eigenvalue weighted by atomic mass is 16.3. The molecule has 5 N–H and O–H groups in total. The van der Waals surface area contributed by atoms with E-state index < -0.39 is 0 Å². The van der Waals surface area contributed by atoms with Crippen LogP contribution in [0, 0.1) is 0 Å². The van der Waals surface area contributed by atoms with Crippen molar-refractivity contribution in [1.82, 2.24) is 0 Å². The molecule has 0 aliphatic rings. The van der Waals surface area contributed by atoms with Crippen LogP contribution >= 0.6 is 0 Å². The second-order valence-electron chi connectivity index (χ2n) is 3.97. The van der Waals surface area contributed by atoms with Crippen molar-refractivity contribution in [1.29, 1.82) is 0 Å². The van der Waals surface area contributed by atoms with E-state index in [-0.39, 0.29) is 34.3 Å². The van der Waals surface area contributed by atoms with Crippen molar-refractivity contribution in [2.24, 2.45) is 0 Å². The fourth-order valence-corrected chi connectivity index (χ4v) is 1.63. The van der Waals surface area contributed by atoms with Gasteiger partial charge in [0.2, 0.25) is 0 Å². The first-order valence-electron chi connectivity index (χ1n) is 5.42. The molecule has 0 unspecified atom stereocenters. The van der Waals surface area contributed by atoms with Gasteiger partial charge in [-0.1, -0.05) is 6.08 Å². The Bertz CT molecular complexity index is 623. The number of rotatable bonds is 2. The molecular weight excluding hydrogens is 248 g/mol. The Balaban J connectivity index is 2.38. The number of benzene rings is 2. The van der Waals surface area contributed by atoms with E-state index in [4.69, 9.17) is 10.2 Å². The van der Waals surface area contributed by atoms with Crippen LogP contribution in [0.4, 0.5) is 0 Å². The predicted molar refractivity (Wildman–Crippen MR) is 70.1 cm³/mol. The van der Waals surface area contributed by atoms with Gasteiger partial charge < -0.3 is 25.5 Å². The van der Waals surface area contributed by atoms with Crippen LogP contribution in [0.3, 0.4) is 0 Å². The fourth-order valence-electron chi connectivity index (χ4n) is 1.63. The number of hydrogen-bond acceptors (Lipinski definition) is 5. The summed E-state index contributed by atoms with van der Waals surface area (Å²) in [6.45, 7) is 0. The van der Waals surface area contributed by atoms with Crippen molar-refractivity contribution in [3.05, 3.63) is 41.5 Å². The van der Waals surface area contributed by atoms with Crippen LogP contribution < -0.4 is 0 Å². The molecule has 0 atom stereocenters. The van der Waals surface area contributed by atoms with Crippen LogP contribution in [-0.4, -0.2) is 25.5 Å². The lowest BCUT2D eigenvalue weighted by Crippen LogP contribution is -1.79. The average Bonchev–Trinajstić information content (AvgIpc) is 2.30. The minimum atomic E-state index is -0.285. The Hall–Kier alpha value is -2.82. The Morgan fingerprint density at radius 3 is 1.79 bits per heavy atom. The lowest BCUT2D eigenvalue weighted by atomic mass is 10.1. The summed E-state index contributed by atoms with van der Waals surface area (Å²) in [6.07, 6.45) is 2.84. The zero-order valence-corrected chi connectivity index (χ0v) is 9.78. The molecule has 98 valence electrons. The van der Waals surface area contributed by atoms with Gasteiger partial charge in [0.25, 0.3) is 0 Å². The SMILES string of the molecule is Oc1ccc(C=Cc2c(O)cc(O)cc2O)c(O)c1. The molecule has 0 spiro atoms. The maximum absolute atomic E-state index is 9.59. The molecule has 2 aromatic carbocycles. The van der Waals surface area contributed by atoms with Crippen molar-refractivity contribution in [2.45, 2.75) is 0 Å². The van der Waals surface area contributed by atoms with Gasteiger partial charge in [-0.3, -0.25) is 0 Å². The van der Waals surface area contributed by atoms with E-state index in [0.29, 0.717) is 5.56 Å². The van der Waals surface area contributed by atoms with Gasteiger partial charge in [0.15, 0.2) is 0 Å². The first-order valence-corrected chi connectivity index (χ1v) is 5.42. The van der Waals surface area contributed by atoms with Crippen molar-refractivity contribution in [3.8, 4) is 28.7 Å². The number of aromatic hydroxyl groups is 5. The van der Waals surface area contributed by atoms with Gasteiger partial charge >= 0.3 is 0 Å². The normalized spacial score (nSPS) is 10.9. The van der Waals surface area contributed by atoms with Crippen LogP contribution in [-0.2, 0) is 0 Å². The summed E-state index contributed by atoms with van der Waals surface area (Å²) >= 11 is 0. The fraction of sp³-hybridized carbons (Fsp3) is 0. The summed E-state index contributed by atoms with van der Waals surface area (Å²) in [5.74, 6) is -1.02.